The first kappa shape index (κ1) is 12.7. The summed E-state index contributed by atoms with van der Waals surface area (Å²) in [5.74, 6) is 0. The van der Waals surface area contributed by atoms with Gasteiger partial charge in [0, 0.05) is 17.4 Å². The van der Waals surface area contributed by atoms with E-state index in [9.17, 15) is 0 Å². The molecule has 0 bridgehead atoms. The van der Waals surface area contributed by atoms with Gasteiger partial charge < -0.3 is 4.74 Å². The highest BCUT2D eigenvalue weighted by Gasteiger charge is 2.55. The molecular weight excluding hydrogens is 220 g/mol. The lowest BCUT2D eigenvalue weighted by Crippen LogP contribution is -2.54. The van der Waals surface area contributed by atoms with Crippen molar-refractivity contribution in [3.8, 4) is 0 Å². The number of hydrogen-bond acceptors (Lipinski definition) is 1. The van der Waals surface area contributed by atoms with Gasteiger partial charge in [0.1, 0.15) is 0 Å². The van der Waals surface area contributed by atoms with Crippen LogP contribution in [0.15, 0.2) is 0 Å². The molecule has 0 aromatic rings. The minimum absolute atomic E-state index is 0.361. The molecule has 0 aromatic heterocycles. The van der Waals surface area contributed by atoms with Crippen LogP contribution in [0.1, 0.15) is 59.3 Å². The van der Waals surface area contributed by atoms with E-state index in [4.69, 9.17) is 16.3 Å². The van der Waals surface area contributed by atoms with Gasteiger partial charge in [-0.05, 0) is 31.1 Å². The first-order valence-corrected chi connectivity index (χ1v) is 7.13. The number of rotatable bonds is 3. The van der Waals surface area contributed by atoms with E-state index in [1.807, 2.05) is 0 Å². The first-order chi connectivity index (χ1) is 7.44. The van der Waals surface area contributed by atoms with Crippen molar-refractivity contribution in [1.82, 2.24) is 0 Å². The summed E-state index contributed by atoms with van der Waals surface area (Å²) in [4.78, 5) is 0. The number of hydrogen-bond donors (Lipinski definition) is 0. The molecule has 2 unspecified atom stereocenters. The predicted octanol–water partition coefficient (Wildman–Crippen LogP) is 4.38. The van der Waals surface area contributed by atoms with Gasteiger partial charge in [-0.3, -0.25) is 0 Å². The molecule has 2 fully saturated rings. The smallest absolute Gasteiger partial charge is 0.0659 e. The molecule has 0 aliphatic heterocycles. The number of ether oxygens (including phenoxy) is 1. The van der Waals surface area contributed by atoms with Gasteiger partial charge in [-0.2, -0.15) is 0 Å². The van der Waals surface area contributed by atoms with Crippen LogP contribution in [-0.4, -0.2) is 18.1 Å². The van der Waals surface area contributed by atoms with Gasteiger partial charge >= 0.3 is 0 Å². The Bertz CT molecular complexity index is 238. The normalized spacial score (nSPS) is 33.0. The molecule has 2 atom stereocenters. The van der Waals surface area contributed by atoms with Crippen LogP contribution in [0.2, 0.25) is 0 Å². The van der Waals surface area contributed by atoms with E-state index in [-0.39, 0.29) is 0 Å². The Labute approximate surface area is 105 Å². The van der Waals surface area contributed by atoms with Crippen molar-refractivity contribution in [2.75, 3.05) is 6.61 Å². The molecule has 0 aromatic carbocycles. The van der Waals surface area contributed by atoms with E-state index in [0.717, 1.165) is 19.4 Å². The number of halogens is 1. The molecule has 0 saturated heterocycles. The predicted molar refractivity (Wildman–Crippen MR) is 69.0 cm³/mol. The fraction of sp³-hybridized carbons (Fsp3) is 1.00. The Kier molecular flexibility index (Phi) is 3.57. The van der Waals surface area contributed by atoms with E-state index in [2.05, 4.69) is 20.8 Å². The Morgan fingerprint density at radius 2 is 1.88 bits per heavy atom. The fourth-order valence-corrected chi connectivity index (χ4v) is 3.63. The summed E-state index contributed by atoms with van der Waals surface area (Å²) in [6, 6.07) is 0. The summed E-state index contributed by atoms with van der Waals surface area (Å²) in [5, 5.41) is 0.384. The van der Waals surface area contributed by atoms with Crippen LogP contribution in [0.4, 0.5) is 0 Å². The summed E-state index contributed by atoms with van der Waals surface area (Å²) in [7, 11) is 0. The molecule has 0 amide bonds. The Morgan fingerprint density at radius 1 is 1.25 bits per heavy atom. The molecule has 0 heterocycles. The molecule has 0 N–H and O–H groups in total. The van der Waals surface area contributed by atoms with E-state index >= 15 is 0 Å². The van der Waals surface area contributed by atoms with Gasteiger partial charge in [-0.25, -0.2) is 0 Å². The zero-order chi connectivity index (χ0) is 11.8. The Morgan fingerprint density at radius 3 is 2.38 bits per heavy atom. The highest BCUT2D eigenvalue weighted by Crippen LogP contribution is 2.57. The summed E-state index contributed by atoms with van der Waals surface area (Å²) in [6.45, 7) is 7.71. The fourth-order valence-electron chi connectivity index (χ4n) is 3.11. The van der Waals surface area contributed by atoms with Gasteiger partial charge in [-0.1, -0.05) is 33.6 Å². The minimum atomic E-state index is 0.361. The third-order valence-electron chi connectivity index (χ3n) is 4.39. The summed E-state index contributed by atoms with van der Waals surface area (Å²) in [6.07, 6.45) is 7.96. The number of alkyl halides is 1. The highest BCUT2D eigenvalue weighted by atomic mass is 35.5. The van der Waals surface area contributed by atoms with Crippen LogP contribution in [0, 0.1) is 10.8 Å². The molecule has 94 valence electrons. The third kappa shape index (κ3) is 2.41. The van der Waals surface area contributed by atoms with Gasteiger partial charge in [0.25, 0.3) is 0 Å². The van der Waals surface area contributed by atoms with Crippen LogP contribution < -0.4 is 0 Å². The average Bonchev–Trinajstić information content (AvgIpc) is 2.66. The lowest BCUT2D eigenvalue weighted by atomic mass is 9.64. The molecule has 2 heteroatoms. The second-order valence-electron chi connectivity index (χ2n) is 6.81. The largest absolute Gasteiger partial charge is 0.378 e. The molecule has 1 spiro atoms. The molecule has 16 heavy (non-hydrogen) atoms. The summed E-state index contributed by atoms with van der Waals surface area (Å²) >= 11 is 6.40. The molecular formula is C14H25ClO. The molecule has 2 aliphatic rings. The van der Waals surface area contributed by atoms with Crippen LogP contribution in [0.5, 0.6) is 0 Å². The summed E-state index contributed by atoms with van der Waals surface area (Å²) < 4.78 is 6.08. The van der Waals surface area contributed by atoms with Crippen molar-refractivity contribution in [3.63, 3.8) is 0 Å². The van der Waals surface area contributed by atoms with Crippen LogP contribution in [0.25, 0.3) is 0 Å². The van der Waals surface area contributed by atoms with E-state index in [1.165, 1.54) is 25.7 Å². The van der Waals surface area contributed by atoms with Gasteiger partial charge in [0.15, 0.2) is 0 Å². The Hall–Kier alpha value is 0.250. The SMILES string of the molecule is CC(C)(C)CCOC1CC(Cl)C12CCCC2. The maximum Gasteiger partial charge on any atom is 0.0659 e. The molecule has 2 rings (SSSR count). The van der Waals surface area contributed by atoms with Crippen molar-refractivity contribution in [2.45, 2.75) is 70.8 Å². The Balaban J connectivity index is 1.79. The first-order valence-electron chi connectivity index (χ1n) is 6.70. The van der Waals surface area contributed by atoms with E-state index in [1.54, 1.807) is 0 Å². The molecule has 0 radical (unpaired) electrons. The zero-order valence-electron chi connectivity index (χ0n) is 10.9. The van der Waals surface area contributed by atoms with E-state index in [0.29, 0.717) is 22.3 Å². The maximum atomic E-state index is 6.40. The lowest BCUT2D eigenvalue weighted by Gasteiger charge is -2.51. The van der Waals surface area contributed by atoms with Crippen molar-refractivity contribution in [1.29, 1.82) is 0 Å². The topological polar surface area (TPSA) is 9.23 Å². The molecule has 1 nitrogen and oxygen atoms in total. The third-order valence-corrected chi connectivity index (χ3v) is 5.00. The van der Waals surface area contributed by atoms with Crippen LogP contribution in [-0.2, 0) is 4.74 Å². The maximum absolute atomic E-state index is 6.40. The van der Waals surface area contributed by atoms with Crippen LogP contribution >= 0.6 is 11.6 Å². The second-order valence-corrected chi connectivity index (χ2v) is 7.34. The van der Waals surface area contributed by atoms with Crippen LogP contribution in [0.3, 0.4) is 0 Å². The molecule has 2 saturated carbocycles. The zero-order valence-corrected chi connectivity index (χ0v) is 11.6. The lowest BCUT2D eigenvalue weighted by molar-refractivity contribution is -0.109. The summed E-state index contributed by atoms with van der Waals surface area (Å²) in [5.41, 5.74) is 0.742. The average molecular weight is 245 g/mol. The van der Waals surface area contributed by atoms with Crippen molar-refractivity contribution < 1.29 is 4.74 Å². The van der Waals surface area contributed by atoms with Gasteiger partial charge in [-0.15, -0.1) is 11.6 Å². The standard InChI is InChI=1S/C14H25ClO/c1-13(2,3)8-9-16-12-10-11(15)14(12)6-4-5-7-14/h11-12H,4-10H2,1-3H3. The monoisotopic (exact) mass is 244 g/mol. The molecule has 2 aliphatic carbocycles. The van der Waals surface area contributed by atoms with Crippen molar-refractivity contribution in [3.05, 3.63) is 0 Å². The quantitative estimate of drug-likeness (QED) is 0.670. The van der Waals surface area contributed by atoms with E-state index < -0.39 is 0 Å². The van der Waals surface area contributed by atoms with Gasteiger partial charge in [0.2, 0.25) is 0 Å². The van der Waals surface area contributed by atoms with Crippen molar-refractivity contribution in [2.24, 2.45) is 10.8 Å². The minimum Gasteiger partial charge on any atom is -0.378 e. The van der Waals surface area contributed by atoms with Gasteiger partial charge in [0.05, 0.1) is 6.10 Å². The van der Waals surface area contributed by atoms with Crippen molar-refractivity contribution >= 4 is 11.6 Å². The highest BCUT2D eigenvalue weighted by molar-refractivity contribution is 6.21. The second kappa shape index (κ2) is 4.49.